The Bertz CT molecular complexity index is 279. The van der Waals surface area contributed by atoms with Gasteiger partial charge in [-0.25, -0.2) is 9.69 Å². The molecule has 0 atom stereocenters. The van der Waals surface area contributed by atoms with Crippen molar-refractivity contribution in [2.75, 3.05) is 6.54 Å². The Kier molecular flexibility index (Phi) is 4.80. The fourth-order valence-corrected chi connectivity index (χ4v) is 0.946. The van der Waals surface area contributed by atoms with E-state index in [0.29, 0.717) is 6.54 Å². The molecule has 0 heterocycles. The monoisotopic (exact) mass is 226 g/mol. The van der Waals surface area contributed by atoms with E-state index < -0.39 is 11.7 Å². The lowest BCUT2D eigenvalue weighted by Crippen LogP contribution is -2.35. The molecular formula is C12H22N2O2. The maximum atomic E-state index is 11.6. The number of hydrogen-bond acceptors (Lipinski definition) is 3. The Hall–Kier alpha value is -1.24. The Morgan fingerprint density at radius 3 is 2.06 bits per heavy atom. The molecule has 0 aliphatic rings. The summed E-state index contributed by atoms with van der Waals surface area (Å²) in [7, 11) is 0. The highest BCUT2D eigenvalue weighted by molar-refractivity contribution is 5.69. The zero-order valence-electron chi connectivity index (χ0n) is 11.1. The van der Waals surface area contributed by atoms with Crippen molar-refractivity contribution in [1.29, 1.82) is 5.26 Å². The summed E-state index contributed by atoms with van der Waals surface area (Å²) < 4.78 is 5.12. The van der Waals surface area contributed by atoms with Gasteiger partial charge in [-0.3, -0.25) is 0 Å². The largest absolute Gasteiger partial charge is 0.443 e. The minimum Gasteiger partial charge on any atom is -0.443 e. The summed E-state index contributed by atoms with van der Waals surface area (Å²) in [5, 5.41) is 8.87. The normalized spacial score (nSPS) is 11.8. The quantitative estimate of drug-likeness (QED) is 0.537. The van der Waals surface area contributed by atoms with Crippen molar-refractivity contribution in [1.82, 2.24) is 4.90 Å². The second kappa shape index (κ2) is 5.20. The van der Waals surface area contributed by atoms with Crippen LogP contribution in [0.25, 0.3) is 0 Å². The first-order valence-corrected chi connectivity index (χ1v) is 5.45. The highest BCUT2D eigenvalue weighted by Gasteiger charge is 2.23. The van der Waals surface area contributed by atoms with E-state index in [1.807, 2.05) is 6.19 Å². The summed E-state index contributed by atoms with van der Waals surface area (Å²) in [6.07, 6.45) is 2.05. The van der Waals surface area contributed by atoms with E-state index in [0.717, 1.165) is 11.3 Å². The van der Waals surface area contributed by atoms with Crippen LogP contribution in [0, 0.1) is 16.9 Å². The van der Waals surface area contributed by atoms with Crippen molar-refractivity contribution in [2.45, 2.75) is 53.6 Å². The lowest BCUT2D eigenvalue weighted by Gasteiger charge is -2.25. The summed E-state index contributed by atoms with van der Waals surface area (Å²) in [6, 6.07) is 0. The predicted molar refractivity (Wildman–Crippen MR) is 62.6 cm³/mol. The van der Waals surface area contributed by atoms with Crippen LogP contribution in [-0.4, -0.2) is 23.1 Å². The van der Waals surface area contributed by atoms with Crippen LogP contribution in [0.5, 0.6) is 0 Å². The van der Waals surface area contributed by atoms with Gasteiger partial charge in [0.25, 0.3) is 0 Å². The van der Waals surface area contributed by atoms with Gasteiger partial charge in [-0.1, -0.05) is 20.8 Å². The standard InChI is InChI=1S/C12H22N2O2/c1-11(2,3)7-8-14(9-13)10(15)16-12(4,5)6/h7-8H2,1-6H3. The number of ether oxygens (including phenoxy) is 1. The molecule has 0 aliphatic heterocycles. The maximum Gasteiger partial charge on any atom is 0.423 e. The van der Waals surface area contributed by atoms with Gasteiger partial charge in [-0.15, -0.1) is 0 Å². The molecule has 92 valence electrons. The molecule has 0 aromatic rings. The van der Waals surface area contributed by atoms with Crippen molar-refractivity contribution in [3.8, 4) is 6.19 Å². The van der Waals surface area contributed by atoms with Crippen LogP contribution < -0.4 is 0 Å². The SMILES string of the molecule is CC(C)(C)CCN(C#N)C(=O)OC(C)(C)C. The molecule has 0 aliphatic carbocycles. The lowest BCUT2D eigenvalue weighted by molar-refractivity contribution is 0.0336. The Balaban J connectivity index is 4.31. The van der Waals surface area contributed by atoms with Gasteiger partial charge in [0.2, 0.25) is 0 Å². The van der Waals surface area contributed by atoms with Crippen molar-refractivity contribution < 1.29 is 9.53 Å². The van der Waals surface area contributed by atoms with Crippen molar-refractivity contribution in [2.24, 2.45) is 5.41 Å². The number of carbonyl (C=O) groups is 1. The van der Waals surface area contributed by atoms with Crippen LogP contribution in [-0.2, 0) is 4.74 Å². The van der Waals surface area contributed by atoms with Crippen LogP contribution in [0.4, 0.5) is 4.79 Å². The molecule has 4 heteroatoms. The third kappa shape index (κ3) is 7.10. The molecule has 0 aromatic carbocycles. The molecule has 0 saturated heterocycles. The van der Waals surface area contributed by atoms with Gasteiger partial charge in [0.05, 0.1) is 0 Å². The summed E-state index contributed by atoms with van der Waals surface area (Å²) in [4.78, 5) is 12.7. The van der Waals surface area contributed by atoms with Crippen LogP contribution in [0.2, 0.25) is 0 Å². The molecule has 1 amide bonds. The first-order valence-electron chi connectivity index (χ1n) is 5.45. The molecule has 0 fully saturated rings. The third-order valence-electron chi connectivity index (χ3n) is 1.82. The van der Waals surface area contributed by atoms with E-state index in [1.54, 1.807) is 20.8 Å². The molecule has 0 unspecified atom stereocenters. The minimum atomic E-state index is -0.570. The van der Waals surface area contributed by atoms with Gasteiger partial charge in [-0.2, -0.15) is 5.26 Å². The lowest BCUT2D eigenvalue weighted by atomic mass is 9.92. The van der Waals surface area contributed by atoms with Crippen LogP contribution in [0.3, 0.4) is 0 Å². The first-order chi connectivity index (χ1) is 7.05. The van der Waals surface area contributed by atoms with E-state index in [2.05, 4.69) is 20.8 Å². The summed E-state index contributed by atoms with van der Waals surface area (Å²) >= 11 is 0. The second-order valence-corrected chi connectivity index (χ2v) is 6.04. The fraction of sp³-hybridized carbons (Fsp3) is 0.833. The Labute approximate surface area is 98.2 Å². The van der Waals surface area contributed by atoms with Crippen LogP contribution in [0.15, 0.2) is 0 Å². The average Bonchev–Trinajstić information content (AvgIpc) is 1.99. The fourth-order valence-electron chi connectivity index (χ4n) is 0.946. The zero-order chi connectivity index (χ0) is 13.0. The highest BCUT2D eigenvalue weighted by Crippen LogP contribution is 2.19. The summed E-state index contributed by atoms with van der Waals surface area (Å²) in [6.45, 7) is 11.9. The molecule has 16 heavy (non-hydrogen) atoms. The molecule has 0 aromatic heterocycles. The van der Waals surface area contributed by atoms with E-state index in [9.17, 15) is 4.79 Å². The van der Waals surface area contributed by atoms with E-state index in [1.165, 1.54) is 0 Å². The summed E-state index contributed by atoms with van der Waals surface area (Å²) in [5.74, 6) is 0. The summed E-state index contributed by atoms with van der Waals surface area (Å²) in [5.41, 5.74) is -0.467. The molecule has 0 spiro atoms. The molecule has 4 nitrogen and oxygen atoms in total. The third-order valence-corrected chi connectivity index (χ3v) is 1.82. The smallest absolute Gasteiger partial charge is 0.423 e. The van der Waals surface area contributed by atoms with Crippen molar-refractivity contribution in [3.63, 3.8) is 0 Å². The van der Waals surface area contributed by atoms with Gasteiger partial charge >= 0.3 is 6.09 Å². The van der Waals surface area contributed by atoms with Crippen molar-refractivity contribution in [3.05, 3.63) is 0 Å². The number of amides is 1. The van der Waals surface area contributed by atoms with Gasteiger partial charge in [0.15, 0.2) is 6.19 Å². The molecule has 0 bridgehead atoms. The van der Waals surface area contributed by atoms with Crippen LogP contribution in [0.1, 0.15) is 48.0 Å². The first kappa shape index (κ1) is 14.8. The van der Waals surface area contributed by atoms with E-state index >= 15 is 0 Å². The van der Waals surface area contributed by atoms with Gasteiger partial charge in [-0.05, 0) is 32.6 Å². The number of carbonyl (C=O) groups excluding carboxylic acids is 1. The molecule has 0 rings (SSSR count). The highest BCUT2D eigenvalue weighted by atomic mass is 16.6. The Morgan fingerprint density at radius 1 is 1.25 bits per heavy atom. The van der Waals surface area contributed by atoms with Gasteiger partial charge in [0, 0.05) is 6.54 Å². The molecule has 0 saturated carbocycles. The molecule has 0 N–H and O–H groups in total. The average molecular weight is 226 g/mol. The number of nitrogens with zero attached hydrogens (tertiary/aromatic N) is 2. The van der Waals surface area contributed by atoms with Crippen LogP contribution >= 0.6 is 0 Å². The molecule has 0 radical (unpaired) electrons. The van der Waals surface area contributed by atoms with Gasteiger partial charge in [0.1, 0.15) is 5.60 Å². The molecular weight excluding hydrogens is 204 g/mol. The maximum absolute atomic E-state index is 11.6. The predicted octanol–water partition coefficient (Wildman–Crippen LogP) is 3.14. The van der Waals surface area contributed by atoms with Gasteiger partial charge < -0.3 is 4.74 Å². The van der Waals surface area contributed by atoms with E-state index in [4.69, 9.17) is 10.00 Å². The topological polar surface area (TPSA) is 53.3 Å². The Morgan fingerprint density at radius 2 is 1.75 bits per heavy atom. The number of rotatable bonds is 2. The second-order valence-electron chi connectivity index (χ2n) is 6.04. The minimum absolute atomic E-state index is 0.0944. The number of hydrogen-bond donors (Lipinski definition) is 0. The number of nitriles is 1. The van der Waals surface area contributed by atoms with E-state index in [-0.39, 0.29) is 5.41 Å². The van der Waals surface area contributed by atoms with Crippen molar-refractivity contribution >= 4 is 6.09 Å². The zero-order valence-corrected chi connectivity index (χ0v) is 11.1.